The van der Waals surface area contributed by atoms with E-state index in [4.69, 9.17) is 0 Å². The largest absolute Gasteiger partial charge is 0.384 e. The fourth-order valence-electron chi connectivity index (χ4n) is 2.81. The number of rotatable bonds is 5. The van der Waals surface area contributed by atoms with Gasteiger partial charge in [0.15, 0.2) is 0 Å². The molecule has 0 saturated heterocycles. The molecule has 0 aliphatic heterocycles. The van der Waals surface area contributed by atoms with E-state index in [1.807, 2.05) is 80.6 Å². The lowest BCUT2D eigenvalue weighted by Crippen LogP contribution is -2.38. The molecule has 0 amide bonds. The molecule has 0 fully saturated rings. The minimum atomic E-state index is -0.954. The fourth-order valence-corrected chi connectivity index (χ4v) is 2.81. The summed E-state index contributed by atoms with van der Waals surface area (Å²) in [5.74, 6) is -0.0563. The van der Waals surface area contributed by atoms with Crippen molar-refractivity contribution < 1.29 is 5.11 Å². The molecule has 2 aromatic rings. The molecule has 0 aromatic heterocycles. The van der Waals surface area contributed by atoms with Crippen molar-refractivity contribution in [3.63, 3.8) is 0 Å². The van der Waals surface area contributed by atoms with E-state index in [9.17, 15) is 5.11 Å². The minimum absolute atomic E-state index is 0.0770. The molecule has 1 N–H and O–H groups in total. The standard InChI is InChI=1S/C19H22O/c1-4-18(16-11-7-5-8-12-16)19(20,15(2)3)17-13-9-6-10-14-17/h4-15,18,20H,1H2,2-3H3/t18-,19-/m1/s1. The van der Waals surface area contributed by atoms with Crippen LogP contribution in [0.5, 0.6) is 0 Å². The molecule has 2 aromatic carbocycles. The summed E-state index contributed by atoms with van der Waals surface area (Å²) in [6, 6.07) is 19.9. The fraction of sp³-hybridized carbons (Fsp3) is 0.263. The van der Waals surface area contributed by atoms with Gasteiger partial charge in [-0.1, -0.05) is 80.6 Å². The molecule has 0 bridgehead atoms. The Balaban J connectivity index is 2.55. The summed E-state index contributed by atoms with van der Waals surface area (Å²) in [4.78, 5) is 0. The summed E-state index contributed by atoms with van der Waals surface area (Å²) in [6.45, 7) is 8.05. The second-order valence-corrected chi connectivity index (χ2v) is 5.47. The van der Waals surface area contributed by atoms with E-state index >= 15 is 0 Å². The zero-order valence-electron chi connectivity index (χ0n) is 12.2. The predicted molar refractivity (Wildman–Crippen MR) is 84.6 cm³/mol. The smallest absolute Gasteiger partial charge is 0.102 e. The zero-order chi connectivity index (χ0) is 14.6. The maximum atomic E-state index is 11.4. The Hall–Kier alpha value is -1.86. The van der Waals surface area contributed by atoms with Gasteiger partial charge in [-0.05, 0) is 17.0 Å². The van der Waals surface area contributed by atoms with Crippen LogP contribution in [0.4, 0.5) is 0 Å². The van der Waals surface area contributed by atoms with E-state index in [-0.39, 0.29) is 11.8 Å². The van der Waals surface area contributed by atoms with Crippen molar-refractivity contribution in [2.75, 3.05) is 0 Å². The Morgan fingerprint density at radius 1 is 0.950 bits per heavy atom. The molecule has 2 rings (SSSR count). The van der Waals surface area contributed by atoms with Crippen LogP contribution in [0.25, 0.3) is 0 Å². The Bertz CT molecular complexity index is 544. The van der Waals surface area contributed by atoms with Crippen LogP contribution in [-0.2, 0) is 5.60 Å². The van der Waals surface area contributed by atoms with Crippen LogP contribution in [0.2, 0.25) is 0 Å². The van der Waals surface area contributed by atoms with Crippen molar-refractivity contribution in [2.24, 2.45) is 5.92 Å². The molecule has 0 aliphatic carbocycles. The lowest BCUT2D eigenvalue weighted by atomic mass is 9.71. The van der Waals surface area contributed by atoms with E-state index in [2.05, 4.69) is 6.58 Å². The molecule has 0 aliphatic rings. The van der Waals surface area contributed by atoms with Crippen molar-refractivity contribution in [1.29, 1.82) is 0 Å². The highest BCUT2D eigenvalue weighted by atomic mass is 16.3. The first-order valence-corrected chi connectivity index (χ1v) is 7.06. The van der Waals surface area contributed by atoms with Crippen LogP contribution in [0, 0.1) is 5.92 Å². The summed E-state index contributed by atoms with van der Waals surface area (Å²) < 4.78 is 0. The molecule has 0 spiro atoms. The molecule has 0 radical (unpaired) electrons. The van der Waals surface area contributed by atoms with Gasteiger partial charge in [-0.15, -0.1) is 6.58 Å². The normalized spacial score (nSPS) is 15.6. The first-order valence-electron chi connectivity index (χ1n) is 7.06. The highest BCUT2D eigenvalue weighted by molar-refractivity contribution is 5.34. The lowest BCUT2D eigenvalue weighted by molar-refractivity contribution is -0.0241. The molecule has 20 heavy (non-hydrogen) atoms. The van der Waals surface area contributed by atoms with Crippen molar-refractivity contribution >= 4 is 0 Å². The van der Waals surface area contributed by atoms with Crippen molar-refractivity contribution in [3.05, 3.63) is 84.4 Å². The Kier molecular flexibility index (Phi) is 4.41. The average Bonchev–Trinajstić information content (AvgIpc) is 2.49. The minimum Gasteiger partial charge on any atom is -0.384 e. The molecular formula is C19H22O. The lowest BCUT2D eigenvalue weighted by Gasteiger charge is -2.39. The Labute approximate surface area is 121 Å². The van der Waals surface area contributed by atoms with Crippen LogP contribution >= 0.6 is 0 Å². The monoisotopic (exact) mass is 266 g/mol. The van der Waals surface area contributed by atoms with E-state index < -0.39 is 5.60 Å². The van der Waals surface area contributed by atoms with Crippen molar-refractivity contribution in [3.8, 4) is 0 Å². The molecule has 104 valence electrons. The average molecular weight is 266 g/mol. The third-order valence-corrected chi connectivity index (χ3v) is 3.98. The van der Waals surface area contributed by atoms with Gasteiger partial charge in [-0.3, -0.25) is 0 Å². The molecule has 0 saturated carbocycles. The van der Waals surface area contributed by atoms with E-state index in [0.717, 1.165) is 11.1 Å². The van der Waals surface area contributed by atoms with E-state index in [1.54, 1.807) is 0 Å². The van der Waals surface area contributed by atoms with E-state index in [1.165, 1.54) is 0 Å². The van der Waals surface area contributed by atoms with Crippen LogP contribution in [0.1, 0.15) is 30.9 Å². The highest BCUT2D eigenvalue weighted by Gasteiger charge is 2.40. The van der Waals surface area contributed by atoms with Crippen LogP contribution in [0.3, 0.4) is 0 Å². The van der Waals surface area contributed by atoms with Gasteiger partial charge in [0, 0.05) is 5.92 Å². The zero-order valence-corrected chi connectivity index (χ0v) is 12.2. The number of hydrogen-bond donors (Lipinski definition) is 1. The first kappa shape index (κ1) is 14.5. The van der Waals surface area contributed by atoms with Gasteiger partial charge >= 0.3 is 0 Å². The maximum Gasteiger partial charge on any atom is 0.102 e. The SMILES string of the molecule is C=C[C@H](c1ccccc1)[C@](O)(c1ccccc1)C(C)C. The summed E-state index contributed by atoms with van der Waals surface area (Å²) in [5.41, 5.74) is 1.07. The molecule has 1 nitrogen and oxygen atoms in total. The van der Waals surface area contributed by atoms with Gasteiger partial charge in [-0.25, -0.2) is 0 Å². The van der Waals surface area contributed by atoms with Crippen molar-refractivity contribution in [1.82, 2.24) is 0 Å². The second kappa shape index (κ2) is 6.06. The van der Waals surface area contributed by atoms with Crippen LogP contribution in [0.15, 0.2) is 73.3 Å². The van der Waals surface area contributed by atoms with Crippen molar-refractivity contribution in [2.45, 2.75) is 25.4 Å². The third kappa shape index (κ3) is 2.54. The first-order chi connectivity index (χ1) is 9.60. The molecule has 2 atom stereocenters. The van der Waals surface area contributed by atoms with Gasteiger partial charge in [0.05, 0.1) is 0 Å². The quantitative estimate of drug-likeness (QED) is 0.790. The van der Waals surface area contributed by atoms with Crippen LogP contribution < -0.4 is 0 Å². The summed E-state index contributed by atoms with van der Waals surface area (Å²) in [7, 11) is 0. The highest BCUT2D eigenvalue weighted by Crippen LogP contribution is 2.43. The Morgan fingerprint density at radius 3 is 1.90 bits per heavy atom. The second-order valence-electron chi connectivity index (χ2n) is 5.47. The van der Waals surface area contributed by atoms with Gasteiger partial charge in [0.2, 0.25) is 0 Å². The summed E-state index contributed by atoms with van der Waals surface area (Å²) >= 11 is 0. The van der Waals surface area contributed by atoms with Crippen LogP contribution in [-0.4, -0.2) is 5.11 Å². The number of benzene rings is 2. The molecule has 0 unspecified atom stereocenters. The van der Waals surface area contributed by atoms with Gasteiger partial charge in [0.25, 0.3) is 0 Å². The summed E-state index contributed by atoms with van der Waals surface area (Å²) in [6.07, 6.45) is 1.85. The number of aliphatic hydroxyl groups is 1. The number of hydrogen-bond acceptors (Lipinski definition) is 1. The predicted octanol–water partition coefficient (Wildman–Crippen LogP) is 4.50. The van der Waals surface area contributed by atoms with Gasteiger partial charge in [-0.2, -0.15) is 0 Å². The molecule has 0 heterocycles. The van der Waals surface area contributed by atoms with Gasteiger partial charge in [0.1, 0.15) is 5.60 Å². The Morgan fingerprint density at radius 2 is 1.45 bits per heavy atom. The van der Waals surface area contributed by atoms with Gasteiger partial charge < -0.3 is 5.11 Å². The van der Waals surface area contributed by atoms with E-state index in [0.29, 0.717) is 0 Å². The topological polar surface area (TPSA) is 20.2 Å². The summed E-state index contributed by atoms with van der Waals surface area (Å²) in [5, 5.41) is 11.4. The third-order valence-electron chi connectivity index (χ3n) is 3.98. The molecule has 1 heteroatoms. The molecular weight excluding hydrogens is 244 g/mol. The maximum absolute atomic E-state index is 11.4.